The molecule has 2 fully saturated rings. The first-order valence-corrected chi connectivity index (χ1v) is 8.43. The van der Waals surface area contributed by atoms with E-state index in [0.717, 1.165) is 11.8 Å². The van der Waals surface area contributed by atoms with Crippen molar-refractivity contribution >= 4 is 0 Å². The molecule has 0 aliphatic heterocycles. The Bertz CT molecular complexity index is 328. The van der Waals surface area contributed by atoms with Crippen molar-refractivity contribution in [1.29, 1.82) is 0 Å². The van der Waals surface area contributed by atoms with E-state index >= 15 is 0 Å². The van der Waals surface area contributed by atoms with E-state index < -0.39 is 0 Å². The van der Waals surface area contributed by atoms with Crippen LogP contribution in [-0.2, 0) is 0 Å². The molecule has 0 bridgehead atoms. The number of hydrogen-bond donors (Lipinski definition) is 4. The molecule has 1 aromatic rings. The molecule has 0 heterocycles. The van der Waals surface area contributed by atoms with Gasteiger partial charge in [0, 0.05) is 0 Å². The highest BCUT2D eigenvalue weighted by atomic mass is 17.0. The Kier molecular flexibility index (Phi) is 10.1. The van der Waals surface area contributed by atoms with Crippen LogP contribution < -0.4 is 0 Å². The molecule has 2 saturated carbocycles. The zero-order valence-corrected chi connectivity index (χ0v) is 13.3. The zero-order valence-electron chi connectivity index (χ0n) is 13.3. The average molecular weight is 310 g/mol. The highest BCUT2D eigenvalue weighted by Gasteiger charge is 2.18. The SMILES string of the molecule is OO.OO.c1cc(C2CCCCC2)ccc1C1CCCCC1. The Morgan fingerprint density at radius 2 is 0.773 bits per heavy atom. The molecular weight excluding hydrogens is 280 g/mol. The van der Waals surface area contributed by atoms with Crippen LogP contribution in [0, 0.1) is 0 Å². The lowest BCUT2D eigenvalue weighted by molar-refractivity contribution is -0.176. The molecular formula is C18H30O4. The molecule has 1 aromatic carbocycles. The molecule has 0 radical (unpaired) electrons. The van der Waals surface area contributed by atoms with E-state index in [4.69, 9.17) is 21.0 Å². The molecule has 2 aliphatic carbocycles. The summed E-state index contributed by atoms with van der Waals surface area (Å²) in [5.41, 5.74) is 3.21. The predicted molar refractivity (Wildman–Crippen MR) is 88.6 cm³/mol. The Balaban J connectivity index is 0.000000561. The third kappa shape index (κ3) is 5.69. The minimum Gasteiger partial charge on any atom is -0.255 e. The van der Waals surface area contributed by atoms with Gasteiger partial charge in [-0.25, -0.2) is 0 Å². The molecule has 22 heavy (non-hydrogen) atoms. The lowest BCUT2D eigenvalue weighted by atomic mass is 9.81. The highest BCUT2D eigenvalue weighted by Crippen LogP contribution is 2.35. The third-order valence-corrected chi connectivity index (χ3v) is 5.09. The quantitative estimate of drug-likeness (QED) is 0.410. The van der Waals surface area contributed by atoms with Crippen LogP contribution in [0.3, 0.4) is 0 Å². The molecule has 0 saturated heterocycles. The molecule has 4 nitrogen and oxygen atoms in total. The number of hydrogen-bond acceptors (Lipinski definition) is 4. The predicted octanol–water partition coefficient (Wildman–Crippen LogP) is 5.82. The molecule has 0 spiro atoms. The van der Waals surface area contributed by atoms with Gasteiger partial charge in [0.2, 0.25) is 0 Å². The summed E-state index contributed by atoms with van der Waals surface area (Å²) in [5.74, 6) is 1.72. The minimum atomic E-state index is 0.860. The summed E-state index contributed by atoms with van der Waals surface area (Å²) in [4.78, 5) is 0. The maximum absolute atomic E-state index is 6.00. The lowest BCUT2D eigenvalue weighted by Crippen LogP contribution is -2.06. The van der Waals surface area contributed by atoms with Gasteiger partial charge in [0.25, 0.3) is 0 Å². The van der Waals surface area contributed by atoms with Crippen molar-refractivity contribution in [2.45, 2.75) is 76.0 Å². The summed E-state index contributed by atoms with van der Waals surface area (Å²) < 4.78 is 0. The second-order valence-electron chi connectivity index (χ2n) is 6.34. The lowest BCUT2D eigenvalue weighted by Gasteiger charge is -2.24. The summed E-state index contributed by atoms with van der Waals surface area (Å²) in [7, 11) is 0. The Hall–Kier alpha value is -0.940. The molecule has 0 unspecified atom stereocenters. The van der Waals surface area contributed by atoms with E-state index in [0.29, 0.717) is 0 Å². The summed E-state index contributed by atoms with van der Waals surface area (Å²) >= 11 is 0. The van der Waals surface area contributed by atoms with Gasteiger partial charge in [-0.15, -0.1) is 0 Å². The summed E-state index contributed by atoms with van der Waals surface area (Å²) in [6, 6.07) is 9.72. The van der Waals surface area contributed by atoms with Crippen molar-refractivity contribution in [3.8, 4) is 0 Å². The van der Waals surface area contributed by atoms with Gasteiger partial charge >= 0.3 is 0 Å². The van der Waals surface area contributed by atoms with Crippen LogP contribution in [0.5, 0.6) is 0 Å². The zero-order chi connectivity index (χ0) is 16.2. The van der Waals surface area contributed by atoms with Gasteiger partial charge in [-0.3, -0.25) is 21.0 Å². The monoisotopic (exact) mass is 310 g/mol. The Morgan fingerprint density at radius 3 is 1.05 bits per heavy atom. The van der Waals surface area contributed by atoms with Crippen LogP contribution in [0.15, 0.2) is 24.3 Å². The minimum absolute atomic E-state index is 0.860. The first-order valence-electron chi connectivity index (χ1n) is 8.43. The molecule has 2 aliphatic rings. The van der Waals surface area contributed by atoms with Crippen LogP contribution in [0.2, 0.25) is 0 Å². The molecule has 3 rings (SSSR count). The fraction of sp³-hybridized carbons (Fsp3) is 0.667. The molecule has 4 N–H and O–H groups in total. The van der Waals surface area contributed by atoms with E-state index in [-0.39, 0.29) is 0 Å². The topological polar surface area (TPSA) is 80.9 Å². The summed E-state index contributed by atoms with van der Waals surface area (Å²) in [6.45, 7) is 0. The Morgan fingerprint density at radius 1 is 0.500 bits per heavy atom. The fourth-order valence-corrected chi connectivity index (χ4v) is 3.91. The number of benzene rings is 1. The van der Waals surface area contributed by atoms with Gasteiger partial charge in [0.15, 0.2) is 0 Å². The molecule has 4 heteroatoms. The second kappa shape index (κ2) is 11.6. The highest BCUT2D eigenvalue weighted by molar-refractivity contribution is 5.28. The maximum atomic E-state index is 6.00. The second-order valence-corrected chi connectivity index (χ2v) is 6.34. The van der Waals surface area contributed by atoms with Crippen molar-refractivity contribution in [3.05, 3.63) is 35.4 Å². The molecule has 0 atom stereocenters. The van der Waals surface area contributed by atoms with E-state index in [1.54, 1.807) is 11.1 Å². The van der Waals surface area contributed by atoms with Crippen molar-refractivity contribution < 1.29 is 21.0 Å². The first-order chi connectivity index (χ1) is 10.9. The van der Waals surface area contributed by atoms with Gasteiger partial charge in [-0.1, -0.05) is 62.8 Å². The molecule has 0 aromatic heterocycles. The van der Waals surface area contributed by atoms with Crippen LogP contribution in [0.4, 0.5) is 0 Å². The van der Waals surface area contributed by atoms with Crippen molar-refractivity contribution in [3.63, 3.8) is 0 Å². The smallest absolute Gasteiger partial charge is 0.0162 e. The normalized spacial score (nSPS) is 19.5. The van der Waals surface area contributed by atoms with E-state index in [1.165, 1.54) is 64.2 Å². The van der Waals surface area contributed by atoms with Gasteiger partial charge in [-0.05, 0) is 48.6 Å². The van der Waals surface area contributed by atoms with Crippen LogP contribution >= 0.6 is 0 Å². The third-order valence-electron chi connectivity index (χ3n) is 5.09. The van der Waals surface area contributed by atoms with Crippen LogP contribution in [-0.4, -0.2) is 21.0 Å². The Labute approximate surface area is 133 Å². The summed E-state index contributed by atoms with van der Waals surface area (Å²) in [5, 5.41) is 24.0. The van der Waals surface area contributed by atoms with E-state index in [1.807, 2.05) is 0 Å². The van der Waals surface area contributed by atoms with Crippen molar-refractivity contribution in [2.24, 2.45) is 0 Å². The van der Waals surface area contributed by atoms with Crippen molar-refractivity contribution in [2.75, 3.05) is 0 Å². The molecule has 126 valence electrons. The van der Waals surface area contributed by atoms with Gasteiger partial charge in [-0.2, -0.15) is 0 Å². The summed E-state index contributed by atoms with van der Waals surface area (Å²) in [6.07, 6.45) is 14.3. The van der Waals surface area contributed by atoms with E-state index in [2.05, 4.69) is 24.3 Å². The maximum Gasteiger partial charge on any atom is -0.0162 e. The largest absolute Gasteiger partial charge is 0.255 e. The standard InChI is InChI=1S/C18H26.2H2O2/c1-3-7-15(8-4-1)17-11-13-18(14-12-17)16-9-5-2-6-10-16;2*1-2/h11-16H,1-10H2;2*1-2H. The van der Waals surface area contributed by atoms with Gasteiger partial charge < -0.3 is 0 Å². The van der Waals surface area contributed by atoms with Gasteiger partial charge in [0.05, 0.1) is 0 Å². The van der Waals surface area contributed by atoms with Crippen LogP contribution in [0.25, 0.3) is 0 Å². The average Bonchev–Trinajstić information content (AvgIpc) is 2.67. The van der Waals surface area contributed by atoms with Crippen LogP contribution in [0.1, 0.15) is 87.2 Å². The number of rotatable bonds is 2. The van der Waals surface area contributed by atoms with Gasteiger partial charge in [0.1, 0.15) is 0 Å². The fourth-order valence-electron chi connectivity index (χ4n) is 3.91. The van der Waals surface area contributed by atoms with E-state index in [9.17, 15) is 0 Å². The molecule has 0 amide bonds. The first kappa shape index (κ1) is 19.1. The van der Waals surface area contributed by atoms with Crippen molar-refractivity contribution in [1.82, 2.24) is 0 Å².